The first kappa shape index (κ1) is 31.9. The number of aliphatic hydroxyl groups is 3. The van der Waals surface area contributed by atoms with E-state index in [2.05, 4.69) is 11.9 Å². The Bertz CT molecular complexity index is 1100. The molecule has 1 heterocycles. The van der Waals surface area contributed by atoms with Gasteiger partial charge in [0.15, 0.2) is 11.6 Å². The highest BCUT2D eigenvalue weighted by atomic mass is 16.5. The van der Waals surface area contributed by atoms with Crippen molar-refractivity contribution in [2.24, 2.45) is 35.5 Å². The van der Waals surface area contributed by atoms with Gasteiger partial charge < -0.3 is 25.4 Å². The van der Waals surface area contributed by atoms with Gasteiger partial charge in [-0.15, -0.1) is 6.58 Å². The van der Waals surface area contributed by atoms with E-state index in [1.165, 1.54) is 12.2 Å². The van der Waals surface area contributed by atoms with Crippen molar-refractivity contribution in [3.63, 3.8) is 0 Å². The summed E-state index contributed by atoms with van der Waals surface area (Å²) in [6.07, 6.45) is 9.58. The van der Waals surface area contributed by atoms with Gasteiger partial charge in [0.2, 0.25) is 0 Å². The molecule has 0 radical (unpaired) electrons. The molecule has 4 N–H and O–H groups in total. The topological polar surface area (TPSA) is 157 Å². The summed E-state index contributed by atoms with van der Waals surface area (Å²) in [5.41, 5.74) is 0.787. The molecule has 212 valence electrons. The van der Waals surface area contributed by atoms with Crippen LogP contribution < -0.4 is 5.32 Å². The second-order valence-electron chi connectivity index (χ2n) is 10.6. The number of ether oxygens (including phenoxy) is 1. The molecule has 0 saturated heterocycles. The van der Waals surface area contributed by atoms with Gasteiger partial charge in [-0.3, -0.25) is 14.4 Å². The summed E-state index contributed by atoms with van der Waals surface area (Å²) in [6.45, 7) is 10.0. The van der Waals surface area contributed by atoms with Gasteiger partial charge in [-0.05, 0) is 38.2 Å². The Morgan fingerprint density at radius 1 is 1.18 bits per heavy atom. The van der Waals surface area contributed by atoms with Crippen molar-refractivity contribution in [3.8, 4) is 6.26 Å². The van der Waals surface area contributed by atoms with Crippen molar-refractivity contribution in [2.45, 2.75) is 52.7 Å². The SMILES string of the molecule is C=CC1C(=O)C=C2NC(=O)/C(C)=C/C=C\C(CO)C(OC#N)/C(C)=C/C(C)C(O)C(CO)CC(C)CC1C2=O. The molecule has 2 rings (SSSR count). The van der Waals surface area contributed by atoms with Gasteiger partial charge >= 0.3 is 0 Å². The van der Waals surface area contributed by atoms with Gasteiger partial charge in [0, 0.05) is 47.8 Å². The number of Topliss-reactive ketones (excluding diaryl/α,β-unsaturated/α-hetero) is 1. The molecule has 0 saturated carbocycles. The number of rotatable bonds is 4. The molecule has 2 aliphatic rings. The number of nitrogens with one attached hydrogen (secondary N) is 1. The van der Waals surface area contributed by atoms with E-state index in [0.29, 0.717) is 18.4 Å². The molecule has 0 aromatic heterocycles. The van der Waals surface area contributed by atoms with E-state index in [9.17, 15) is 35.0 Å². The maximum atomic E-state index is 13.4. The number of nitrogens with zero attached hydrogens (tertiary/aromatic N) is 1. The van der Waals surface area contributed by atoms with Crippen molar-refractivity contribution in [1.82, 2.24) is 5.32 Å². The fraction of sp³-hybridized carbons (Fsp3) is 0.533. The molecule has 1 aliphatic carbocycles. The van der Waals surface area contributed by atoms with Gasteiger partial charge in [-0.2, -0.15) is 5.26 Å². The quantitative estimate of drug-likeness (QED) is 0.313. The zero-order valence-electron chi connectivity index (χ0n) is 23.0. The third-order valence-corrected chi connectivity index (χ3v) is 7.59. The molecule has 2 bridgehead atoms. The molecule has 0 aromatic rings. The van der Waals surface area contributed by atoms with Crippen LogP contribution in [0.2, 0.25) is 0 Å². The molecule has 0 spiro atoms. The lowest BCUT2D eigenvalue weighted by atomic mass is 9.73. The number of hydrogen-bond acceptors (Lipinski definition) is 8. The Morgan fingerprint density at radius 3 is 2.46 bits per heavy atom. The van der Waals surface area contributed by atoms with E-state index in [4.69, 9.17) is 4.74 Å². The highest BCUT2D eigenvalue weighted by Crippen LogP contribution is 2.33. The van der Waals surface area contributed by atoms with Crippen LogP contribution in [0, 0.1) is 47.0 Å². The van der Waals surface area contributed by atoms with E-state index in [0.717, 1.165) is 6.08 Å². The highest BCUT2D eigenvalue weighted by Gasteiger charge is 2.39. The highest BCUT2D eigenvalue weighted by molar-refractivity contribution is 6.13. The Labute approximate surface area is 230 Å². The maximum absolute atomic E-state index is 13.4. The minimum absolute atomic E-state index is 0.0853. The average Bonchev–Trinajstić information content (AvgIpc) is 2.90. The van der Waals surface area contributed by atoms with Gasteiger partial charge in [0.1, 0.15) is 6.10 Å². The first-order valence-corrected chi connectivity index (χ1v) is 13.2. The molecule has 9 heteroatoms. The van der Waals surface area contributed by atoms with Crippen LogP contribution in [-0.4, -0.2) is 58.2 Å². The molecule has 1 amide bonds. The predicted octanol–water partition coefficient (Wildman–Crippen LogP) is 2.52. The fourth-order valence-corrected chi connectivity index (χ4v) is 5.38. The Hall–Kier alpha value is -3.32. The fourth-order valence-electron chi connectivity index (χ4n) is 5.38. The van der Waals surface area contributed by atoms with Crippen LogP contribution in [-0.2, 0) is 19.1 Å². The van der Waals surface area contributed by atoms with Gasteiger partial charge in [0.05, 0.1) is 18.4 Å². The number of carbonyl (C=O) groups is 3. The third-order valence-electron chi connectivity index (χ3n) is 7.59. The number of aliphatic hydroxyl groups excluding tert-OH is 3. The molecule has 9 nitrogen and oxygen atoms in total. The number of allylic oxidation sites excluding steroid dienone is 5. The summed E-state index contributed by atoms with van der Waals surface area (Å²) in [5.74, 6) is -4.47. The van der Waals surface area contributed by atoms with Crippen LogP contribution in [0.5, 0.6) is 0 Å². The van der Waals surface area contributed by atoms with E-state index >= 15 is 0 Å². The minimum Gasteiger partial charge on any atom is -0.419 e. The number of fused-ring (bicyclic) bond motifs is 2. The van der Waals surface area contributed by atoms with E-state index in [-0.39, 0.29) is 42.0 Å². The average molecular weight is 541 g/mol. The number of carbonyl (C=O) groups excluding carboxylic acids is 3. The minimum atomic E-state index is -0.945. The molecule has 39 heavy (non-hydrogen) atoms. The van der Waals surface area contributed by atoms with Crippen LogP contribution >= 0.6 is 0 Å². The standard InChI is InChI=1S/C30H40N2O7/c1-6-23-24-11-17(2)10-22(15-34)27(36)19(4)12-20(5)29(39-16-31)21(14-33)9-7-8-18(3)30(38)32-25(28(24)37)13-26(23)35/h6-9,12-13,17,19,21-24,27,29,33-34,36H,1,10-11,14-15H2,2-5H3,(H,32,38)/b9-7-,18-8+,20-12+. The number of ketones is 2. The second-order valence-corrected chi connectivity index (χ2v) is 10.6. The lowest BCUT2D eigenvalue weighted by molar-refractivity contribution is -0.130. The first-order chi connectivity index (χ1) is 18.5. The van der Waals surface area contributed by atoms with Crippen LogP contribution in [0.3, 0.4) is 0 Å². The Balaban J connectivity index is 2.57. The van der Waals surface area contributed by atoms with E-state index < -0.39 is 47.7 Å². The summed E-state index contributed by atoms with van der Waals surface area (Å²) < 4.78 is 5.26. The van der Waals surface area contributed by atoms with Gasteiger partial charge in [0.25, 0.3) is 12.2 Å². The number of hydrogen-bond donors (Lipinski definition) is 4. The van der Waals surface area contributed by atoms with Crippen LogP contribution in [0.25, 0.3) is 0 Å². The smallest absolute Gasteiger partial charge is 0.286 e. The molecule has 0 fully saturated rings. The number of amides is 1. The van der Waals surface area contributed by atoms with Crippen molar-refractivity contribution in [1.29, 1.82) is 5.26 Å². The molecular formula is C30H40N2O7. The summed E-state index contributed by atoms with van der Waals surface area (Å²) >= 11 is 0. The van der Waals surface area contributed by atoms with E-state index in [1.807, 2.05) is 6.92 Å². The summed E-state index contributed by atoms with van der Waals surface area (Å²) in [6, 6.07) is 0. The largest absolute Gasteiger partial charge is 0.419 e. The Kier molecular flexibility index (Phi) is 12.0. The van der Waals surface area contributed by atoms with Gasteiger partial charge in [-0.1, -0.05) is 44.2 Å². The predicted molar refractivity (Wildman–Crippen MR) is 145 cm³/mol. The summed E-state index contributed by atoms with van der Waals surface area (Å²) in [5, 5.41) is 43.0. The third kappa shape index (κ3) is 8.09. The lowest BCUT2D eigenvalue weighted by Gasteiger charge is -2.32. The first-order valence-electron chi connectivity index (χ1n) is 13.2. The van der Waals surface area contributed by atoms with Crippen molar-refractivity contribution < 1.29 is 34.4 Å². The molecular weight excluding hydrogens is 500 g/mol. The summed E-state index contributed by atoms with van der Waals surface area (Å²) in [4.78, 5) is 39.0. The zero-order valence-corrected chi connectivity index (χ0v) is 23.0. The van der Waals surface area contributed by atoms with Crippen LogP contribution in [0.4, 0.5) is 0 Å². The number of nitriles is 1. The molecule has 1 aliphatic heterocycles. The summed E-state index contributed by atoms with van der Waals surface area (Å²) in [7, 11) is 0. The van der Waals surface area contributed by atoms with Crippen molar-refractivity contribution >= 4 is 17.5 Å². The monoisotopic (exact) mass is 540 g/mol. The van der Waals surface area contributed by atoms with Crippen LogP contribution in [0.15, 0.2) is 59.9 Å². The molecule has 0 aromatic carbocycles. The second kappa shape index (κ2) is 14.7. The molecule has 8 atom stereocenters. The molecule has 8 unspecified atom stereocenters. The zero-order chi connectivity index (χ0) is 29.3. The normalized spacial score (nSPS) is 36.8. The van der Waals surface area contributed by atoms with Crippen LogP contribution in [0.1, 0.15) is 40.5 Å². The van der Waals surface area contributed by atoms with E-state index in [1.54, 1.807) is 45.3 Å². The van der Waals surface area contributed by atoms with Gasteiger partial charge in [-0.25, -0.2) is 0 Å². The van der Waals surface area contributed by atoms with Crippen molar-refractivity contribution in [2.75, 3.05) is 13.2 Å². The van der Waals surface area contributed by atoms with Crippen molar-refractivity contribution in [3.05, 3.63) is 59.9 Å². The Morgan fingerprint density at radius 2 is 1.87 bits per heavy atom. The maximum Gasteiger partial charge on any atom is 0.286 e. The lowest BCUT2D eigenvalue weighted by Crippen LogP contribution is -2.41.